The van der Waals surface area contributed by atoms with Gasteiger partial charge in [-0.25, -0.2) is 4.39 Å². The summed E-state index contributed by atoms with van der Waals surface area (Å²) in [5, 5.41) is 4.44. The zero-order valence-electron chi connectivity index (χ0n) is 12.1. The van der Waals surface area contributed by atoms with Crippen LogP contribution < -0.4 is 5.32 Å². The van der Waals surface area contributed by atoms with Crippen LogP contribution in [0.1, 0.15) is 16.7 Å². The molecule has 1 atom stereocenters. The molecule has 0 radical (unpaired) electrons. The van der Waals surface area contributed by atoms with Gasteiger partial charge in [0, 0.05) is 6.04 Å². The fraction of sp³-hybridized carbons (Fsp3) is 0.294. The fourth-order valence-electron chi connectivity index (χ4n) is 2.38. The molecule has 0 saturated heterocycles. The van der Waals surface area contributed by atoms with Gasteiger partial charge in [-0.3, -0.25) is 0 Å². The summed E-state index contributed by atoms with van der Waals surface area (Å²) in [6, 6.07) is 10.9. The lowest BCUT2D eigenvalue weighted by atomic mass is 9.96. The number of halogens is 3. The van der Waals surface area contributed by atoms with Crippen LogP contribution in [0.15, 0.2) is 36.4 Å². The molecule has 2 rings (SSSR count). The van der Waals surface area contributed by atoms with E-state index in [0.29, 0.717) is 10.0 Å². The second-order valence-corrected chi connectivity index (χ2v) is 6.03. The van der Waals surface area contributed by atoms with Gasteiger partial charge in [0.2, 0.25) is 0 Å². The SMILES string of the molecule is CNC(Cc1ccc(Cl)c(Cl)c1)Cc1ccc(F)cc1C. The lowest BCUT2D eigenvalue weighted by Crippen LogP contribution is -2.30. The summed E-state index contributed by atoms with van der Waals surface area (Å²) in [7, 11) is 1.93. The van der Waals surface area contributed by atoms with E-state index in [1.165, 1.54) is 6.07 Å². The zero-order valence-corrected chi connectivity index (χ0v) is 13.6. The number of hydrogen-bond donors (Lipinski definition) is 1. The summed E-state index contributed by atoms with van der Waals surface area (Å²) in [6.45, 7) is 1.93. The highest BCUT2D eigenvalue weighted by molar-refractivity contribution is 6.42. The molecular formula is C17H18Cl2FN. The Morgan fingerprint density at radius 1 is 1.05 bits per heavy atom. The maximum absolute atomic E-state index is 13.2. The van der Waals surface area contributed by atoms with Crippen LogP contribution in [0.25, 0.3) is 0 Å². The van der Waals surface area contributed by atoms with E-state index in [4.69, 9.17) is 23.2 Å². The van der Waals surface area contributed by atoms with Gasteiger partial charge in [0.1, 0.15) is 5.82 Å². The Morgan fingerprint density at radius 2 is 1.81 bits per heavy atom. The molecule has 1 N–H and O–H groups in total. The number of rotatable bonds is 5. The van der Waals surface area contributed by atoms with E-state index in [1.807, 2.05) is 38.2 Å². The Hall–Kier alpha value is -1.09. The summed E-state index contributed by atoms with van der Waals surface area (Å²) in [5.41, 5.74) is 3.25. The number of likely N-dealkylation sites (N-methyl/N-ethyl adjacent to an activating group) is 1. The fourth-order valence-corrected chi connectivity index (χ4v) is 2.70. The lowest BCUT2D eigenvalue weighted by Gasteiger charge is -2.18. The van der Waals surface area contributed by atoms with Crippen molar-refractivity contribution in [2.45, 2.75) is 25.8 Å². The number of nitrogens with one attached hydrogen (secondary N) is 1. The molecular weight excluding hydrogens is 308 g/mol. The monoisotopic (exact) mass is 325 g/mol. The van der Waals surface area contributed by atoms with Gasteiger partial charge < -0.3 is 5.32 Å². The minimum absolute atomic E-state index is 0.193. The molecule has 4 heteroatoms. The second kappa shape index (κ2) is 7.26. The van der Waals surface area contributed by atoms with E-state index >= 15 is 0 Å². The molecule has 0 spiro atoms. The zero-order chi connectivity index (χ0) is 15.4. The summed E-state index contributed by atoms with van der Waals surface area (Å²) in [6.07, 6.45) is 1.67. The van der Waals surface area contributed by atoms with Crippen LogP contribution in [0.2, 0.25) is 10.0 Å². The quantitative estimate of drug-likeness (QED) is 0.831. The Bertz CT molecular complexity index is 628. The van der Waals surface area contributed by atoms with Crippen molar-refractivity contribution in [3.63, 3.8) is 0 Å². The van der Waals surface area contributed by atoms with Gasteiger partial charge in [-0.05, 0) is 67.8 Å². The molecule has 2 aromatic carbocycles. The molecule has 0 saturated carbocycles. The third-order valence-electron chi connectivity index (χ3n) is 3.65. The Balaban J connectivity index is 2.10. The molecule has 0 aliphatic carbocycles. The predicted molar refractivity (Wildman–Crippen MR) is 87.9 cm³/mol. The van der Waals surface area contributed by atoms with Crippen molar-refractivity contribution in [3.8, 4) is 0 Å². The molecule has 1 unspecified atom stereocenters. The highest BCUT2D eigenvalue weighted by atomic mass is 35.5. The van der Waals surface area contributed by atoms with E-state index in [2.05, 4.69) is 5.32 Å². The number of aryl methyl sites for hydroxylation is 1. The van der Waals surface area contributed by atoms with E-state index in [-0.39, 0.29) is 11.9 Å². The van der Waals surface area contributed by atoms with Crippen molar-refractivity contribution in [1.29, 1.82) is 0 Å². The van der Waals surface area contributed by atoms with Gasteiger partial charge in [-0.2, -0.15) is 0 Å². The summed E-state index contributed by atoms with van der Waals surface area (Å²) >= 11 is 12.0. The first-order valence-corrected chi connectivity index (χ1v) is 7.61. The summed E-state index contributed by atoms with van der Waals surface area (Å²) in [4.78, 5) is 0. The first-order valence-electron chi connectivity index (χ1n) is 6.86. The van der Waals surface area contributed by atoms with Crippen LogP contribution in [0.5, 0.6) is 0 Å². The van der Waals surface area contributed by atoms with Gasteiger partial charge >= 0.3 is 0 Å². The number of benzene rings is 2. The first-order chi connectivity index (χ1) is 9.99. The smallest absolute Gasteiger partial charge is 0.123 e. The van der Waals surface area contributed by atoms with Crippen molar-refractivity contribution in [2.24, 2.45) is 0 Å². The Kier molecular flexibility index (Phi) is 5.63. The van der Waals surface area contributed by atoms with E-state index in [0.717, 1.165) is 29.5 Å². The molecule has 2 aromatic rings. The number of hydrogen-bond acceptors (Lipinski definition) is 1. The average Bonchev–Trinajstić information content (AvgIpc) is 2.44. The largest absolute Gasteiger partial charge is 0.316 e. The molecule has 0 amide bonds. The van der Waals surface area contributed by atoms with Crippen molar-refractivity contribution in [1.82, 2.24) is 5.32 Å². The molecule has 0 aliphatic rings. The van der Waals surface area contributed by atoms with Gasteiger partial charge in [0.25, 0.3) is 0 Å². The maximum atomic E-state index is 13.2. The van der Waals surface area contributed by atoms with Crippen LogP contribution >= 0.6 is 23.2 Å². The molecule has 0 aromatic heterocycles. The van der Waals surface area contributed by atoms with Gasteiger partial charge in [0.05, 0.1) is 10.0 Å². The van der Waals surface area contributed by atoms with Crippen molar-refractivity contribution in [2.75, 3.05) is 7.05 Å². The van der Waals surface area contributed by atoms with Crippen LogP contribution in [-0.2, 0) is 12.8 Å². The van der Waals surface area contributed by atoms with Crippen molar-refractivity contribution < 1.29 is 4.39 Å². The molecule has 0 aliphatic heterocycles. The second-order valence-electron chi connectivity index (χ2n) is 5.21. The highest BCUT2D eigenvalue weighted by Crippen LogP contribution is 2.23. The predicted octanol–water partition coefficient (Wildman–Crippen LogP) is 4.81. The average molecular weight is 326 g/mol. The molecule has 1 nitrogen and oxygen atoms in total. The Labute approximate surface area is 135 Å². The maximum Gasteiger partial charge on any atom is 0.123 e. The minimum atomic E-state index is -0.193. The van der Waals surface area contributed by atoms with Gasteiger partial charge in [-0.1, -0.05) is 35.3 Å². The Morgan fingerprint density at radius 3 is 2.43 bits per heavy atom. The third kappa shape index (κ3) is 4.44. The van der Waals surface area contributed by atoms with E-state index in [9.17, 15) is 4.39 Å². The lowest BCUT2D eigenvalue weighted by molar-refractivity contribution is 0.553. The van der Waals surface area contributed by atoms with Crippen LogP contribution in [0.3, 0.4) is 0 Å². The highest BCUT2D eigenvalue weighted by Gasteiger charge is 2.11. The molecule has 0 heterocycles. The standard InChI is InChI=1S/C17H18Cl2FN/c1-11-7-14(20)5-4-13(11)10-15(21-2)8-12-3-6-16(18)17(19)9-12/h3-7,9,15,21H,8,10H2,1-2H3. The van der Waals surface area contributed by atoms with Gasteiger partial charge in [-0.15, -0.1) is 0 Å². The van der Waals surface area contributed by atoms with Crippen LogP contribution in [-0.4, -0.2) is 13.1 Å². The van der Waals surface area contributed by atoms with E-state index < -0.39 is 0 Å². The summed E-state index contributed by atoms with van der Waals surface area (Å²) < 4.78 is 13.2. The molecule has 21 heavy (non-hydrogen) atoms. The van der Waals surface area contributed by atoms with E-state index in [1.54, 1.807) is 6.07 Å². The molecule has 112 valence electrons. The first kappa shape index (κ1) is 16.3. The normalized spacial score (nSPS) is 12.4. The van der Waals surface area contributed by atoms with Crippen molar-refractivity contribution >= 4 is 23.2 Å². The topological polar surface area (TPSA) is 12.0 Å². The third-order valence-corrected chi connectivity index (χ3v) is 4.38. The molecule has 0 bridgehead atoms. The van der Waals surface area contributed by atoms with Crippen molar-refractivity contribution in [3.05, 3.63) is 69.0 Å². The van der Waals surface area contributed by atoms with Gasteiger partial charge in [0.15, 0.2) is 0 Å². The van der Waals surface area contributed by atoms with Crippen LogP contribution in [0.4, 0.5) is 4.39 Å². The van der Waals surface area contributed by atoms with Crippen LogP contribution in [0, 0.1) is 12.7 Å². The minimum Gasteiger partial charge on any atom is -0.316 e. The molecule has 0 fully saturated rings. The summed E-state index contributed by atoms with van der Waals surface area (Å²) in [5.74, 6) is -0.193.